The van der Waals surface area contributed by atoms with Crippen molar-refractivity contribution in [2.24, 2.45) is 5.92 Å². The maximum atomic E-state index is 13.3. The zero-order valence-electron chi connectivity index (χ0n) is 37.8. The van der Waals surface area contributed by atoms with E-state index >= 15 is 0 Å². The van der Waals surface area contributed by atoms with E-state index in [-0.39, 0.29) is 51.7 Å². The molecule has 332 valence electrons. The van der Waals surface area contributed by atoms with E-state index in [1.165, 1.54) is 30.7 Å². The topological polar surface area (TPSA) is 202 Å². The van der Waals surface area contributed by atoms with E-state index in [1.807, 2.05) is 26.0 Å². The van der Waals surface area contributed by atoms with Crippen molar-refractivity contribution in [1.29, 1.82) is 5.26 Å². The number of hydrogen-bond acceptors (Lipinski definition) is 8. The average Bonchev–Trinajstić information content (AvgIpc) is 3.24. The van der Waals surface area contributed by atoms with Crippen LogP contribution in [0.2, 0.25) is 0 Å². The fourth-order valence-electron chi connectivity index (χ4n) is 5.97. The second kappa shape index (κ2) is 22.9. The SMILES string of the molecule is CCC(C)C(=O)Nc1ccc(NC(=O)Nc2ccc(C#N)cc2)c(O)c1.CCCCC(Oc1ccc(C(C)(C)CC)cc1C(C)(C)CC)C(=O)Nc1ccc(NC(C)=O)c(O)c1. The van der Waals surface area contributed by atoms with Gasteiger partial charge in [-0.05, 0) is 103 Å². The van der Waals surface area contributed by atoms with Crippen LogP contribution in [0, 0.1) is 17.2 Å². The fraction of sp³-hybridized carbons (Fsp3) is 0.408. The largest absolute Gasteiger partial charge is 0.506 e. The van der Waals surface area contributed by atoms with Crippen molar-refractivity contribution >= 4 is 52.2 Å². The molecule has 4 aromatic carbocycles. The molecule has 5 amide bonds. The summed E-state index contributed by atoms with van der Waals surface area (Å²) in [6.45, 7) is 20.5. The van der Waals surface area contributed by atoms with E-state index in [4.69, 9.17) is 10.00 Å². The van der Waals surface area contributed by atoms with Crippen LogP contribution in [0.25, 0.3) is 0 Å². The second-order valence-corrected chi connectivity index (χ2v) is 16.6. The molecule has 0 saturated carbocycles. The summed E-state index contributed by atoms with van der Waals surface area (Å²) in [6.07, 6.45) is 4.35. The summed E-state index contributed by atoms with van der Waals surface area (Å²) in [7, 11) is 0. The van der Waals surface area contributed by atoms with E-state index in [1.54, 1.807) is 42.5 Å². The maximum Gasteiger partial charge on any atom is 0.323 e. The van der Waals surface area contributed by atoms with E-state index in [0.29, 0.717) is 41.2 Å². The average molecular weight is 849 g/mol. The maximum absolute atomic E-state index is 13.3. The van der Waals surface area contributed by atoms with Crippen molar-refractivity contribution in [3.05, 3.63) is 95.6 Å². The van der Waals surface area contributed by atoms with Crippen LogP contribution in [0.5, 0.6) is 17.2 Å². The van der Waals surface area contributed by atoms with Gasteiger partial charge in [-0.15, -0.1) is 0 Å². The van der Waals surface area contributed by atoms with Gasteiger partial charge >= 0.3 is 6.03 Å². The molecule has 13 heteroatoms. The summed E-state index contributed by atoms with van der Waals surface area (Å²) in [4.78, 5) is 48.5. The van der Waals surface area contributed by atoms with Crippen LogP contribution in [0.3, 0.4) is 0 Å². The first-order chi connectivity index (χ1) is 29.3. The Hall–Kier alpha value is -6.55. The third-order valence-electron chi connectivity index (χ3n) is 11.1. The van der Waals surface area contributed by atoms with Crippen LogP contribution >= 0.6 is 0 Å². The normalized spacial score (nSPS) is 12.0. The predicted molar refractivity (Wildman–Crippen MR) is 248 cm³/mol. The molecule has 0 bridgehead atoms. The lowest BCUT2D eigenvalue weighted by molar-refractivity contribution is -0.123. The molecule has 0 spiro atoms. The number of hydrogen-bond donors (Lipinski definition) is 7. The summed E-state index contributed by atoms with van der Waals surface area (Å²) in [5, 5.41) is 42.3. The van der Waals surface area contributed by atoms with Gasteiger partial charge < -0.3 is 41.5 Å². The minimum atomic E-state index is -0.682. The smallest absolute Gasteiger partial charge is 0.323 e. The Bertz CT molecular complexity index is 2210. The van der Waals surface area contributed by atoms with Gasteiger partial charge in [-0.1, -0.05) is 80.9 Å². The number of nitrogens with one attached hydrogen (secondary N) is 5. The molecule has 0 fully saturated rings. The lowest BCUT2D eigenvalue weighted by atomic mass is 9.76. The van der Waals surface area contributed by atoms with Gasteiger partial charge in [0.1, 0.15) is 17.2 Å². The van der Waals surface area contributed by atoms with Crippen molar-refractivity contribution in [2.75, 3.05) is 26.6 Å². The minimum Gasteiger partial charge on any atom is -0.506 e. The van der Waals surface area contributed by atoms with Crippen molar-refractivity contribution in [3.8, 4) is 23.3 Å². The number of ether oxygens (including phenoxy) is 1. The first-order valence-electron chi connectivity index (χ1n) is 21.2. The summed E-state index contributed by atoms with van der Waals surface area (Å²) in [6, 6.07) is 23.3. The number of urea groups is 1. The Kier molecular flexibility index (Phi) is 18.4. The van der Waals surface area contributed by atoms with Gasteiger partial charge in [-0.25, -0.2) is 4.79 Å². The Morgan fingerprint density at radius 1 is 0.694 bits per heavy atom. The quantitative estimate of drug-likeness (QED) is 0.0508. The van der Waals surface area contributed by atoms with E-state index < -0.39 is 12.1 Å². The Morgan fingerprint density at radius 2 is 1.24 bits per heavy atom. The zero-order valence-corrected chi connectivity index (χ0v) is 37.8. The Balaban J connectivity index is 0.000000348. The van der Waals surface area contributed by atoms with Crippen molar-refractivity contribution < 1.29 is 34.1 Å². The van der Waals surface area contributed by atoms with E-state index in [2.05, 4.69) is 87.2 Å². The molecule has 13 nitrogen and oxygen atoms in total. The molecule has 62 heavy (non-hydrogen) atoms. The predicted octanol–water partition coefficient (Wildman–Crippen LogP) is 11.2. The number of carbonyl (C=O) groups is 4. The lowest BCUT2D eigenvalue weighted by Crippen LogP contribution is -2.34. The van der Waals surface area contributed by atoms with Crippen molar-refractivity contribution in [3.63, 3.8) is 0 Å². The molecule has 0 heterocycles. The van der Waals surface area contributed by atoms with Crippen molar-refractivity contribution in [2.45, 2.75) is 125 Å². The first-order valence-corrected chi connectivity index (χ1v) is 21.2. The van der Waals surface area contributed by atoms with Crippen LogP contribution in [0.15, 0.2) is 78.9 Å². The Morgan fingerprint density at radius 3 is 1.74 bits per heavy atom. The van der Waals surface area contributed by atoms with Gasteiger partial charge in [0.05, 0.1) is 23.0 Å². The highest BCUT2D eigenvalue weighted by atomic mass is 16.5. The summed E-state index contributed by atoms with van der Waals surface area (Å²) in [5.74, 6) is -0.364. The highest BCUT2D eigenvalue weighted by Gasteiger charge is 2.29. The van der Waals surface area contributed by atoms with Gasteiger partial charge in [0.2, 0.25) is 11.8 Å². The first kappa shape index (κ1) is 49.8. The number of unbranched alkanes of at least 4 members (excludes halogenated alkanes) is 1. The molecule has 0 aliphatic heterocycles. The zero-order chi connectivity index (χ0) is 46.2. The molecule has 0 aliphatic rings. The fourth-order valence-corrected chi connectivity index (χ4v) is 5.97. The number of rotatable bonds is 17. The van der Waals surface area contributed by atoms with E-state index in [0.717, 1.165) is 37.0 Å². The minimum absolute atomic E-state index is 0.0432. The van der Waals surface area contributed by atoms with Crippen molar-refractivity contribution in [1.82, 2.24) is 0 Å². The molecule has 7 N–H and O–H groups in total. The molecule has 0 radical (unpaired) electrons. The molecule has 0 aliphatic carbocycles. The number of aromatic hydroxyl groups is 2. The number of anilines is 5. The number of phenols is 2. The number of nitrogens with zero attached hydrogens (tertiary/aromatic N) is 1. The van der Waals surface area contributed by atoms with Gasteiger partial charge in [0.15, 0.2) is 6.10 Å². The molecular formula is C49H64N6O7. The molecular weight excluding hydrogens is 785 g/mol. The van der Waals surface area contributed by atoms with Gasteiger partial charge in [0.25, 0.3) is 5.91 Å². The highest BCUT2D eigenvalue weighted by molar-refractivity contribution is 6.01. The molecule has 2 unspecified atom stereocenters. The standard InChI is InChI=1S/C30H44N2O4.C19H20N4O3/c1-9-12-13-27(28(35)32-22-15-16-24(25(34)19-22)31-20(4)33)36-26-17-14-21(29(5,6)10-2)18-23(26)30(7,8)11-3;1-3-12(2)18(25)21-15-8-9-16(17(24)10-15)23-19(26)22-14-6-4-13(11-20)5-7-14/h14-19,27,34H,9-13H2,1-8H3,(H,31,33)(H,32,35);4-10,12,24H,3H2,1-2H3,(H,21,25)(H2,22,23,26). The van der Waals surface area contributed by atoms with Crippen LogP contribution < -0.4 is 31.3 Å². The monoisotopic (exact) mass is 848 g/mol. The summed E-state index contributed by atoms with van der Waals surface area (Å²) in [5.41, 5.74) is 4.68. The summed E-state index contributed by atoms with van der Waals surface area (Å²) >= 11 is 0. The highest BCUT2D eigenvalue weighted by Crippen LogP contribution is 2.39. The second-order valence-electron chi connectivity index (χ2n) is 16.6. The van der Waals surface area contributed by atoms with Crippen LogP contribution in [-0.2, 0) is 25.2 Å². The number of nitriles is 1. The molecule has 4 aromatic rings. The third kappa shape index (κ3) is 14.6. The number of amides is 5. The molecule has 0 saturated heterocycles. The van der Waals surface area contributed by atoms with E-state index in [9.17, 15) is 29.4 Å². The van der Waals surface area contributed by atoms with Gasteiger partial charge in [0, 0.05) is 47.6 Å². The molecule has 2 atom stereocenters. The van der Waals surface area contributed by atoms with Gasteiger partial charge in [-0.2, -0.15) is 5.26 Å². The molecule has 4 rings (SSSR count). The number of phenolic OH excluding ortho intramolecular Hbond substituents is 2. The number of benzene rings is 4. The van der Waals surface area contributed by atoms with Crippen LogP contribution in [0.1, 0.15) is 124 Å². The van der Waals surface area contributed by atoms with Crippen LogP contribution in [0.4, 0.5) is 33.2 Å². The summed E-state index contributed by atoms with van der Waals surface area (Å²) < 4.78 is 6.45. The third-order valence-corrected chi connectivity index (χ3v) is 11.1. The van der Waals surface area contributed by atoms with Crippen LogP contribution in [-0.4, -0.2) is 40.1 Å². The van der Waals surface area contributed by atoms with Gasteiger partial charge in [-0.3, -0.25) is 14.4 Å². The lowest BCUT2D eigenvalue weighted by Gasteiger charge is -2.31. The Labute approximate surface area is 366 Å². The molecule has 0 aromatic heterocycles. The number of carbonyl (C=O) groups excluding carboxylic acids is 4.